The van der Waals surface area contributed by atoms with Gasteiger partial charge in [0.05, 0.1) is 27.2 Å². The zero-order chi connectivity index (χ0) is 27.0. The molecule has 0 spiro atoms. The Labute approximate surface area is 231 Å². The molecular weight excluding hydrogens is 544 g/mol. The SMILES string of the molecule is CCc1ccc(C2C(C(=O)c3sc(C)nc3C)=C(O)C(=O)N2c2nnc(SCc3ccc(F)cc3)s2)cc1. The molecule has 7 nitrogen and oxygen atoms in total. The van der Waals surface area contributed by atoms with Gasteiger partial charge in [-0.25, -0.2) is 9.37 Å². The Balaban J connectivity index is 1.50. The summed E-state index contributed by atoms with van der Waals surface area (Å²) in [4.78, 5) is 33.2. The van der Waals surface area contributed by atoms with E-state index in [9.17, 15) is 19.1 Å². The molecule has 38 heavy (non-hydrogen) atoms. The first-order chi connectivity index (χ1) is 18.3. The number of ketones is 1. The highest BCUT2D eigenvalue weighted by Gasteiger charge is 2.46. The molecule has 0 saturated carbocycles. The first kappa shape index (κ1) is 26.2. The van der Waals surface area contributed by atoms with Crippen LogP contribution in [-0.4, -0.2) is 32.0 Å². The van der Waals surface area contributed by atoms with Crippen molar-refractivity contribution in [3.63, 3.8) is 0 Å². The molecule has 2 aromatic heterocycles. The second kappa shape index (κ2) is 10.8. The summed E-state index contributed by atoms with van der Waals surface area (Å²) in [5.41, 5.74) is 3.26. The first-order valence-electron chi connectivity index (χ1n) is 11.8. The molecule has 3 heterocycles. The second-order valence-electron chi connectivity index (χ2n) is 8.68. The summed E-state index contributed by atoms with van der Waals surface area (Å²) >= 11 is 3.84. The fourth-order valence-electron chi connectivity index (χ4n) is 4.23. The van der Waals surface area contributed by atoms with E-state index in [4.69, 9.17) is 0 Å². The Morgan fingerprint density at radius 3 is 2.37 bits per heavy atom. The molecule has 0 fully saturated rings. The molecule has 2 aromatic carbocycles. The zero-order valence-corrected chi connectivity index (χ0v) is 23.2. The maximum absolute atomic E-state index is 13.7. The lowest BCUT2D eigenvalue weighted by Gasteiger charge is -2.24. The maximum Gasteiger partial charge on any atom is 0.296 e. The number of hydrogen-bond acceptors (Lipinski definition) is 9. The Hall–Kier alpha value is -3.41. The van der Waals surface area contributed by atoms with Crippen molar-refractivity contribution in [3.8, 4) is 0 Å². The molecule has 1 amide bonds. The summed E-state index contributed by atoms with van der Waals surface area (Å²) in [5, 5.41) is 20.5. The minimum absolute atomic E-state index is 0.00159. The number of anilines is 1. The van der Waals surface area contributed by atoms with Crippen molar-refractivity contribution in [1.29, 1.82) is 0 Å². The molecule has 1 aliphatic rings. The minimum Gasteiger partial charge on any atom is -0.503 e. The smallest absolute Gasteiger partial charge is 0.296 e. The van der Waals surface area contributed by atoms with Crippen LogP contribution in [-0.2, 0) is 17.0 Å². The Kier molecular flexibility index (Phi) is 7.42. The van der Waals surface area contributed by atoms with Crippen molar-refractivity contribution in [2.75, 3.05) is 4.90 Å². The van der Waals surface area contributed by atoms with E-state index in [0.717, 1.165) is 22.6 Å². The fraction of sp³-hybridized carbons (Fsp3) is 0.222. The van der Waals surface area contributed by atoms with Gasteiger partial charge in [-0.1, -0.05) is 66.4 Å². The molecule has 1 aliphatic heterocycles. The number of amides is 1. The summed E-state index contributed by atoms with van der Waals surface area (Å²) in [7, 11) is 0. The zero-order valence-electron chi connectivity index (χ0n) is 20.8. The van der Waals surface area contributed by atoms with Crippen molar-refractivity contribution < 1.29 is 19.1 Å². The number of aryl methyl sites for hydroxylation is 3. The average molecular weight is 567 g/mol. The Bertz CT molecular complexity index is 1540. The van der Waals surface area contributed by atoms with Crippen LogP contribution in [0.5, 0.6) is 0 Å². The molecule has 1 unspecified atom stereocenters. The molecule has 5 rings (SSSR count). The maximum atomic E-state index is 13.7. The monoisotopic (exact) mass is 566 g/mol. The summed E-state index contributed by atoms with van der Waals surface area (Å²) in [5.74, 6) is -1.49. The van der Waals surface area contributed by atoms with Gasteiger partial charge < -0.3 is 5.11 Å². The third-order valence-corrected chi connectivity index (χ3v) is 9.34. The molecule has 1 N–H and O–H groups in total. The predicted molar refractivity (Wildman–Crippen MR) is 147 cm³/mol. The molecule has 194 valence electrons. The van der Waals surface area contributed by atoms with Crippen LogP contribution in [0.1, 0.15) is 50.0 Å². The molecule has 11 heteroatoms. The highest BCUT2D eigenvalue weighted by atomic mass is 32.2. The van der Waals surface area contributed by atoms with Crippen molar-refractivity contribution in [2.24, 2.45) is 0 Å². The van der Waals surface area contributed by atoms with Crippen molar-refractivity contribution in [1.82, 2.24) is 15.2 Å². The van der Waals surface area contributed by atoms with Crippen molar-refractivity contribution in [3.05, 3.63) is 97.9 Å². The van der Waals surface area contributed by atoms with Gasteiger partial charge in [-0.15, -0.1) is 21.5 Å². The van der Waals surface area contributed by atoms with E-state index in [0.29, 0.717) is 26.2 Å². The first-order valence-corrected chi connectivity index (χ1v) is 14.4. The molecule has 0 bridgehead atoms. The average Bonchev–Trinajstić information content (AvgIpc) is 3.59. The lowest BCUT2D eigenvalue weighted by atomic mass is 9.94. The fourth-order valence-corrected chi connectivity index (χ4v) is 6.93. The van der Waals surface area contributed by atoms with Gasteiger partial charge in [-0.3, -0.25) is 14.5 Å². The van der Waals surface area contributed by atoms with E-state index < -0.39 is 23.5 Å². The number of rotatable bonds is 8. The van der Waals surface area contributed by atoms with Crippen LogP contribution in [0.3, 0.4) is 0 Å². The van der Waals surface area contributed by atoms with Crippen LogP contribution in [0.2, 0.25) is 0 Å². The minimum atomic E-state index is -0.870. The third-order valence-electron chi connectivity index (χ3n) is 6.14. The third kappa shape index (κ3) is 5.01. The Morgan fingerprint density at radius 1 is 1.05 bits per heavy atom. The van der Waals surface area contributed by atoms with Gasteiger partial charge in [-0.05, 0) is 49.1 Å². The lowest BCUT2D eigenvalue weighted by molar-refractivity contribution is -0.117. The highest BCUT2D eigenvalue weighted by molar-refractivity contribution is 8.00. The van der Waals surface area contributed by atoms with Crippen molar-refractivity contribution in [2.45, 2.75) is 43.3 Å². The normalized spacial score (nSPS) is 15.5. The number of nitrogens with zero attached hydrogens (tertiary/aromatic N) is 4. The number of aliphatic hydroxyl groups excluding tert-OH is 1. The second-order valence-corrected chi connectivity index (χ2v) is 12.1. The van der Waals surface area contributed by atoms with E-state index in [1.165, 1.54) is 51.5 Å². The van der Waals surface area contributed by atoms with E-state index in [1.54, 1.807) is 19.1 Å². The molecule has 0 saturated heterocycles. The standard InChI is InChI=1S/C27H23FN4O3S3/c1-4-16-5-9-18(10-6-16)21-20(22(33)24-14(2)29-15(3)37-24)23(34)25(35)32(21)26-30-31-27(38-26)36-13-17-7-11-19(28)12-8-17/h5-12,21,34H,4,13H2,1-3H3. The van der Waals surface area contributed by atoms with Crippen molar-refractivity contribution >= 4 is 51.3 Å². The van der Waals surface area contributed by atoms with Crippen LogP contribution < -0.4 is 4.90 Å². The summed E-state index contributed by atoms with van der Waals surface area (Å²) < 4.78 is 13.8. The number of carbonyl (C=O) groups excluding carboxylic acids is 2. The largest absolute Gasteiger partial charge is 0.503 e. The molecule has 4 aromatic rings. The van der Waals surface area contributed by atoms with Crippen LogP contribution in [0.25, 0.3) is 0 Å². The topological polar surface area (TPSA) is 96.3 Å². The number of hydrogen-bond donors (Lipinski definition) is 1. The summed E-state index contributed by atoms with van der Waals surface area (Å²) in [6.45, 7) is 5.59. The quantitative estimate of drug-likeness (QED) is 0.150. The number of aliphatic hydroxyl groups is 1. The predicted octanol–water partition coefficient (Wildman–Crippen LogP) is 6.39. The van der Waals surface area contributed by atoms with Gasteiger partial charge in [0.2, 0.25) is 10.9 Å². The van der Waals surface area contributed by atoms with E-state index in [-0.39, 0.29) is 16.5 Å². The number of thioether (sulfide) groups is 1. The van der Waals surface area contributed by atoms with Gasteiger partial charge in [0.25, 0.3) is 5.91 Å². The Morgan fingerprint density at radius 2 is 1.74 bits per heavy atom. The van der Waals surface area contributed by atoms with E-state index in [1.807, 2.05) is 38.1 Å². The number of thiazole rings is 1. The lowest BCUT2D eigenvalue weighted by Crippen LogP contribution is -2.31. The number of halogens is 1. The van der Waals surface area contributed by atoms with Crippen LogP contribution >= 0.6 is 34.4 Å². The molecule has 1 atom stereocenters. The number of aromatic nitrogens is 3. The molecular formula is C27H23FN4O3S3. The van der Waals surface area contributed by atoms with Crippen LogP contribution in [0, 0.1) is 19.7 Å². The van der Waals surface area contributed by atoms with E-state index >= 15 is 0 Å². The van der Waals surface area contributed by atoms with Gasteiger partial charge in [0, 0.05) is 5.75 Å². The number of carbonyl (C=O) groups is 2. The number of benzene rings is 2. The highest BCUT2D eigenvalue weighted by Crippen LogP contribution is 2.44. The van der Waals surface area contributed by atoms with Crippen LogP contribution in [0.15, 0.2) is 64.2 Å². The van der Waals surface area contributed by atoms with Gasteiger partial charge in [0.15, 0.2) is 10.1 Å². The van der Waals surface area contributed by atoms with Gasteiger partial charge in [-0.2, -0.15) is 0 Å². The molecule has 0 radical (unpaired) electrons. The van der Waals surface area contributed by atoms with Gasteiger partial charge >= 0.3 is 0 Å². The van der Waals surface area contributed by atoms with Crippen LogP contribution in [0.4, 0.5) is 9.52 Å². The summed E-state index contributed by atoms with van der Waals surface area (Å²) in [6, 6.07) is 13.0. The molecule has 0 aliphatic carbocycles. The van der Waals surface area contributed by atoms with Gasteiger partial charge in [0.1, 0.15) is 5.82 Å². The van der Waals surface area contributed by atoms with E-state index in [2.05, 4.69) is 15.2 Å². The summed E-state index contributed by atoms with van der Waals surface area (Å²) in [6.07, 6.45) is 0.838. The number of Topliss-reactive ketones (excluding diaryl/α,β-unsaturated/α-hetero) is 1.